The molecule has 0 saturated heterocycles. The predicted octanol–water partition coefficient (Wildman–Crippen LogP) is 2.10. The van der Waals surface area contributed by atoms with E-state index in [1.165, 1.54) is 15.9 Å². The van der Waals surface area contributed by atoms with E-state index in [9.17, 15) is 9.59 Å². The number of aromatic nitrogens is 4. The number of carbonyl (C=O) groups excluding carboxylic acids is 1. The van der Waals surface area contributed by atoms with Crippen LogP contribution in [-0.4, -0.2) is 38.9 Å². The fourth-order valence-corrected chi connectivity index (χ4v) is 3.77. The molecule has 1 amide bonds. The van der Waals surface area contributed by atoms with Crippen LogP contribution in [0.1, 0.15) is 5.82 Å². The van der Waals surface area contributed by atoms with E-state index in [1.54, 1.807) is 24.3 Å². The summed E-state index contributed by atoms with van der Waals surface area (Å²) >= 11 is 1.52. The second-order valence-electron chi connectivity index (χ2n) is 6.36. The van der Waals surface area contributed by atoms with Crippen LogP contribution in [0, 0.1) is 0 Å². The summed E-state index contributed by atoms with van der Waals surface area (Å²) < 4.78 is 12.4. The van der Waals surface area contributed by atoms with Crippen molar-refractivity contribution in [2.24, 2.45) is 0 Å². The smallest absolute Gasteiger partial charge is 0.290 e. The minimum atomic E-state index is -0.365. The minimum absolute atomic E-state index is 0.0622. The Morgan fingerprint density at radius 3 is 2.90 bits per heavy atom. The van der Waals surface area contributed by atoms with Crippen molar-refractivity contribution in [1.29, 1.82) is 0 Å². The number of benzene rings is 1. The zero-order chi connectivity index (χ0) is 19.8. The summed E-state index contributed by atoms with van der Waals surface area (Å²) in [6.07, 6.45) is -0.0622. The van der Waals surface area contributed by atoms with E-state index in [0.29, 0.717) is 47.4 Å². The first-order valence-corrected chi connectivity index (χ1v) is 9.76. The molecule has 1 aliphatic heterocycles. The van der Waals surface area contributed by atoms with Gasteiger partial charge in [-0.3, -0.25) is 9.59 Å². The fraction of sp³-hybridized carbons (Fsp3) is 0.158. The van der Waals surface area contributed by atoms with Gasteiger partial charge in [-0.15, -0.1) is 11.3 Å². The van der Waals surface area contributed by atoms with Gasteiger partial charge in [0.2, 0.25) is 5.91 Å². The molecule has 146 valence electrons. The summed E-state index contributed by atoms with van der Waals surface area (Å²) in [5.74, 6) is 1.27. The minimum Gasteiger partial charge on any atom is -0.486 e. The number of ether oxygens (including phenoxy) is 2. The third kappa shape index (κ3) is 3.34. The molecular weight excluding hydrogens is 394 g/mol. The molecule has 1 aliphatic rings. The molecule has 1 aromatic carbocycles. The standard InChI is InChI=1S/C19H15N5O4S/c25-18(20-11-3-4-14-15(8-11)28-6-5-27-14)10-17-21-22-19(26)13-9-12(23-24(13)17)16-2-1-7-29-16/h1-4,7-9H,5-6,10H2,(H,20,25)(H,22,26). The van der Waals surface area contributed by atoms with Crippen molar-refractivity contribution in [1.82, 2.24) is 19.8 Å². The Bertz CT molecular complexity index is 1260. The van der Waals surface area contributed by atoms with E-state index in [2.05, 4.69) is 20.6 Å². The lowest BCUT2D eigenvalue weighted by atomic mass is 10.2. The van der Waals surface area contributed by atoms with Crippen LogP contribution in [-0.2, 0) is 11.2 Å². The van der Waals surface area contributed by atoms with Crippen molar-refractivity contribution >= 4 is 28.4 Å². The van der Waals surface area contributed by atoms with Crippen LogP contribution in [0.3, 0.4) is 0 Å². The molecule has 2 N–H and O–H groups in total. The zero-order valence-electron chi connectivity index (χ0n) is 15.0. The van der Waals surface area contributed by atoms with E-state index >= 15 is 0 Å². The summed E-state index contributed by atoms with van der Waals surface area (Å²) in [6, 6.07) is 10.7. The molecule has 0 aliphatic carbocycles. The number of amides is 1. The number of fused-ring (bicyclic) bond motifs is 2. The van der Waals surface area contributed by atoms with Crippen LogP contribution in [0.2, 0.25) is 0 Å². The molecule has 0 radical (unpaired) electrons. The number of aromatic amines is 1. The van der Waals surface area contributed by atoms with E-state index in [4.69, 9.17) is 9.47 Å². The quantitative estimate of drug-likeness (QED) is 0.534. The van der Waals surface area contributed by atoms with Crippen molar-refractivity contribution in [3.8, 4) is 22.1 Å². The molecule has 0 fully saturated rings. The number of H-pyrrole nitrogens is 1. The highest BCUT2D eigenvalue weighted by atomic mass is 32.1. The van der Waals surface area contributed by atoms with Gasteiger partial charge >= 0.3 is 0 Å². The first kappa shape index (κ1) is 17.4. The Hall–Kier alpha value is -3.66. The monoisotopic (exact) mass is 409 g/mol. The molecule has 4 heterocycles. The van der Waals surface area contributed by atoms with Crippen LogP contribution in [0.4, 0.5) is 5.69 Å². The highest BCUT2D eigenvalue weighted by molar-refractivity contribution is 7.13. The molecule has 4 aromatic rings. The van der Waals surface area contributed by atoms with Gasteiger partial charge in [0, 0.05) is 11.8 Å². The SMILES string of the molecule is O=C(Cc1n[nH]c(=O)c2cc(-c3cccs3)nn12)Nc1ccc2c(c1)OCCO2. The van der Waals surface area contributed by atoms with E-state index in [0.717, 1.165) is 4.88 Å². The van der Waals surface area contributed by atoms with Gasteiger partial charge in [-0.2, -0.15) is 10.2 Å². The lowest BCUT2D eigenvalue weighted by Crippen LogP contribution is -2.22. The summed E-state index contributed by atoms with van der Waals surface area (Å²) in [5, 5.41) is 15.7. The Kier molecular flexibility index (Phi) is 4.24. The normalized spacial score (nSPS) is 12.8. The third-order valence-corrected chi connectivity index (χ3v) is 5.28. The van der Waals surface area contributed by atoms with Crippen molar-refractivity contribution in [2.75, 3.05) is 18.5 Å². The molecule has 29 heavy (non-hydrogen) atoms. The number of rotatable bonds is 4. The Labute approximate surface area is 167 Å². The number of anilines is 1. The highest BCUT2D eigenvalue weighted by Gasteiger charge is 2.16. The molecule has 5 rings (SSSR count). The van der Waals surface area contributed by atoms with Crippen LogP contribution >= 0.6 is 11.3 Å². The third-order valence-electron chi connectivity index (χ3n) is 4.39. The highest BCUT2D eigenvalue weighted by Crippen LogP contribution is 2.32. The van der Waals surface area contributed by atoms with E-state index in [-0.39, 0.29) is 17.9 Å². The lowest BCUT2D eigenvalue weighted by Gasteiger charge is -2.19. The number of hydrogen-bond acceptors (Lipinski definition) is 7. The number of thiophene rings is 1. The van der Waals surface area contributed by atoms with Gasteiger partial charge in [0.15, 0.2) is 17.3 Å². The topological polar surface area (TPSA) is 111 Å². The summed E-state index contributed by atoms with van der Waals surface area (Å²) in [7, 11) is 0. The summed E-state index contributed by atoms with van der Waals surface area (Å²) in [4.78, 5) is 25.6. The molecule has 9 nitrogen and oxygen atoms in total. The molecule has 10 heteroatoms. The molecule has 0 saturated carbocycles. The van der Waals surface area contributed by atoms with Gasteiger partial charge in [0.05, 0.1) is 11.3 Å². The van der Waals surface area contributed by atoms with Gasteiger partial charge < -0.3 is 14.8 Å². The average molecular weight is 409 g/mol. The number of nitrogens with one attached hydrogen (secondary N) is 2. The van der Waals surface area contributed by atoms with Crippen molar-refractivity contribution in [3.05, 3.63) is 58.0 Å². The van der Waals surface area contributed by atoms with Crippen LogP contribution < -0.4 is 20.3 Å². The van der Waals surface area contributed by atoms with Gasteiger partial charge in [0.1, 0.15) is 24.4 Å². The second kappa shape index (κ2) is 7.06. The summed E-state index contributed by atoms with van der Waals surface area (Å²) in [5.41, 5.74) is 1.22. The van der Waals surface area contributed by atoms with Crippen molar-refractivity contribution in [2.45, 2.75) is 6.42 Å². The maximum atomic E-state index is 12.6. The van der Waals surface area contributed by atoms with Crippen LogP contribution in [0.15, 0.2) is 46.6 Å². The molecule has 0 bridgehead atoms. The molecule has 0 unspecified atom stereocenters. The maximum Gasteiger partial charge on any atom is 0.290 e. The first-order valence-electron chi connectivity index (χ1n) is 8.88. The Morgan fingerprint density at radius 2 is 2.07 bits per heavy atom. The number of hydrogen-bond donors (Lipinski definition) is 2. The Morgan fingerprint density at radius 1 is 1.21 bits per heavy atom. The van der Waals surface area contributed by atoms with Gasteiger partial charge in [-0.1, -0.05) is 6.07 Å². The second-order valence-corrected chi connectivity index (χ2v) is 7.30. The fourth-order valence-electron chi connectivity index (χ4n) is 3.09. The molecule has 3 aromatic heterocycles. The molecular formula is C19H15N5O4S. The largest absolute Gasteiger partial charge is 0.486 e. The molecule has 0 spiro atoms. The summed E-state index contributed by atoms with van der Waals surface area (Å²) in [6.45, 7) is 0.972. The number of nitrogens with zero attached hydrogens (tertiary/aromatic N) is 3. The van der Waals surface area contributed by atoms with E-state index < -0.39 is 0 Å². The number of carbonyl (C=O) groups is 1. The van der Waals surface area contributed by atoms with Gasteiger partial charge in [0.25, 0.3) is 5.56 Å². The van der Waals surface area contributed by atoms with Gasteiger partial charge in [-0.25, -0.2) is 9.61 Å². The van der Waals surface area contributed by atoms with Crippen LogP contribution in [0.5, 0.6) is 11.5 Å². The van der Waals surface area contributed by atoms with E-state index in [1.807, 2.05) is 17.5 Å². The average Bonchev–Trinajstić information content (AvgIpc) is 3.40. The predicted molar refractivity (Wildman–Crippen MR) is 107 cm³/mol. The van der Waals surface area contributed by atoms with Crippen molar-refractivity contribution < 1.29 is 14.3 Å². The first-order chi connectivity index (χ1) is 14.2. The van der Waals surface area contributed by atoms with Gasteiger partial charge in [-0.05, 0) is 29.6 Å². The van der Waals surface area contributed by atoms with Crippen molar-refractivity contribution in [3.63, 3.8) is 0 Å². The maximum absolute atomic E-state index is 12.6. The Balaban J connectivity index is 1.40. The van der Waals surface area contributed by atoms with Crippen LogP contribution in [0.25, 0.3) is 16.1 Å². The zero-order valence-corrected chi connectivity index (χ0v) is 15.9. The lowest BCUT2D eigenvalue weighted by molar-refractivity contribution is -0.115. The molecule has 0 atom stereocenters.